The van der Waals surface area contributed by atoms with Gasteiger partial charge in [-0.3, -0.25) is 19.6 Å². The predicted octanol–water partition coefficient (Wildman–Crippen LogP) is 3.96. The second-order valence-electron chi connectivity index (χ2n) is 6.21. The molecule has 0 fully saturated rings. The summed E-state index contributed by atoms with van der Waals surface area (Å²) in [7, 11) is -3.77. The van der Waals surface area contributed by atoms with Crippen LogP contribution in [0.4, 0.5) is 17.1 Å². The second kappa shape index (κ2) is 8.11. The van der Waals surface area contributed by atoms with Gasteiger partial charge in [0.05, 0.1) is 15.5 Å². The zero-order valence-electron chi connectivity index (χ0n) is 15.3. The summed E-state index contributed by atoms with van der Waals surface area (Å²) in [6.07, 6.45) is 0. The Morgan fingerprint density at radius 1 is 0.966 bits per heavy atom. The molecule has 0 saturated carbocycles. The van der Waals surface area contributed by atoms with E-state index in [9.17, 15) is 23.3 Å². The van der Waals surface area contributed by atoms with Crippen LogP contribution in [0.3, 0.4) is 0 Å². The minimum Gasteiger partial charge on any atom is -0.322 e. The van der Waals surface area contributed by atoms with E-state index in [1.807, 2.05) is 0 Å². The average molecular weight is 411 g/mol. The van der Waals surface area contributed by atoms with E-state index < -0.39 is 20.9 Å². The average Bonchev–Trinajstić information content (AvgIpc) is 2.71. The first kappa shape index (κ1) is 20.0. The first-order chi connectivity index (χ1) is 13.8. The lowest BCUT2D eigenvalue weighted by Crippen LogP contribution is -2.15. The standard InChI is InChI=1S/C20H17N3O5S/c1-14-7-10-16(21-20(24)15-8-11-17(12-9-15)23(25)26)13-19(14)22-29(27,28)18-5-3-2-4-6-18/h2-13,22H,1H3,(H,21,24). The molecule has 0 bridgehead atoms. The lowest BCUT2D eigenvalue weighted by Gasteiger charge is -2.13. The summed E-state index contributed by atoms with van der Waals surface area (Å²) < 4.78 is 27.6. The fraction of sp³-hybridized carbons (Fsp3) is 0.0500. The molecule has 9 heteroatoms. The Hall–Kier alpha value is -3.72. The number of anilines is 2. The number of nitrogens with one attached hydrogen (secondary N) is 2. The first-order valence-electron chi connectivity index (χ1n) is 8.50. The van der Waals surface area contributed by atoms with Crippen molar-refractivity contribution in [3.05, 3.63) is 94.0 Å². The van der Waals surface area contributed by atoms with Gasteiger partial charge in [-0.1, -0.05) is 24.3 Å². The van der Waals surface area contributed by atoms with Gasteiger partial charge in [-0.2, -0.15) is 0 Å². The van der Waals surface area contributed by atoms with Crippen molar-refractivity contribution in [2.45, 2.75) is 11.8 Å². The van der Waals surface area contributed by atoms with E-state index in [0.29, 0.717) is 16.9 Å². The highest BCUT2D eigenvalue weighted by atomic mass is 32.2. The van der Waals surface area contributed by atoms with E-state index in [4.69, 9.17) is 0 Å². The molecule has 3 rings (SSSR count). The Balaban J connectivity index is 1.80. The lowest BCUT2D eigenvalue weighted by molar-refractivity contribution is -0.384. The highest BCUT2D eigenvalue weighted by molar-refractivity contribution is 7.92. The minimum atomic E-state index is -3.77. The molecule has 2 N–H and O–H groups in total. The number of nitro groups is 1. The Morgan fingerprint density at radius 3 is 2.24 bits per heavy atom. The van der Waals surface area contributed by atoms with Crippen molar-refractivity contribution in [2.24, 2.45) is 0 Å². The second-order valence-corrected chi connectivity index (χ2v) is 7.89. The number of sulfonamides is 1. The largest absolute Gasteiger partial charge is 0.322 e. The molecule has 0 spiro atoms. The number of carbonyl (C=O) groups excluding carboxylic acids is 1. The molecule has 0 heterocycles. The summed E-state index contributed by atoms with van der Waals surface area (Å²) in [4.78, 5) is 22.7. The highest BCUT2D eigenvalue weighted by Gasteiger charge is 2.16. The fourth-order valence-electron chi connectivity index (χ4n) is 2.55. The Kier molecular flexibility index (Phi) is 5.60. The van der Waals surface area contributed by atoms with Gasteiger partial charge in [0.1, 0.15) is 0 Å². The summed E-state index contributed by atoms with van der Waals surface area (Å²) in [5, 5.41) is 13.4. The van der Waals surface area contributed by atoms with Gasteiger partial charge < -0.3 is 5.32 Å². The van der Waals surface area contributed by atoms with Crippen LogP contribution in [-0.2, 0) is 10.0 Å². The van der Waals surface area contributed by atoms with Crippen molar-refractivity contribution in [2.75, 3.05) is 10.0 Å². The zero-order chi connectivity index (χ0) is 21.0. The summed E-state index contributed by atoms with van der Waals surface area (Å²) in [6.45, 7) is 1.74. The number of aryl methyl sites for hydroxylation is 1. The summed E-state index contributed by atoms with van der Waals surface area (Å²) >= 11 is 0. The van der Waals surface area contributed by atoms with Gasteiger partial charge in [-0.25, -0.2) is 8.42 Å². The number of rotatable bonds is 6. The SMILES string of the molecule is Cc1ccc(NC(=O)c2ccc([N+](=O)[O-])cc2)cc1NS(=O)(=O)c1ccccc1. The third kappa shape index (κ3) is 4.77. The number of carbonyl (C=O) groups is 1. The van der Waals surface area contributed by atoms with Crippen LogP contribution in [0, 0.1) is 17.0 Å². The van der Waals surface area contributed by atoms with Crippen molar-refractivity contribution in [3.63, 3.8) is 0 Å². The van der Waals surface area contributed by atoms with E-state index in [-0.39, 0.29) is 16.1 Å². The molecule has 0 radical (unpaired) electrons. The van der Waals surface area contributed by atoms with Crippen LogP contribution in [0.15, 0.2) is 77.7 Å². The van der Waals surface area contributed by atoms with Crippen LogP contribution in [0.25, 0.3) is 0 Å². The molecule has 0 aliphatic rings. The van der Waals surface area contributed by atoms with E-state index in [2.05, 4.69) is 10.0 Å². The third-order valence-corrected chi connectivity index (χ3v) is 5.51. The van der Waals surface area contributed by atoms with E-state index in [1.54, 1.807) is 37.3 Å². The molecule has 3 aromatic carbocycles. The molecule has 148 valence electrons. The van der Waals surface area contributed by atoms with E-state index >= 15 is 0 Å². The van der Waals surface area contributed by atoms with Crippen LogP contribution in [0.2, 0.25) is 0 Å². The predicted molar refractivity (Wildman–Crippen MR) is 109 cm³/mol. The Bertz CT molecular complexity index is 1160. The molecular weight excluding hydrogens is 394 g/mol. The van der Waals surface area contributed by atoms with Crippen LogP contribution >= 0.6 is 0 Å². The van der Waals surface area contributed by atoms with E-state index in [1.165, 1.54) is 42.5 Å². The molecule has 3 aromatic rings. The van der Waals surface area contributed by atoms with Gasteiger partial charge in [-0.05, 0) is 48.9 Å². The summed E-state index contributed by atoms with van der Waals surface area (Å²) in [6, 6.07) is 17.9. The molecule has 0 aliphatic carbocycles. The van der Waals surface area contributed by atoms with Crippen LogP contribution < -0.4 is 10.0 Å². The maximum Gasteiger partial charge on any atom is 0.269 e. The molecule has 8 nitrogen and oxygen atoms in total. The van der Waals surface area contributed by atoms with Gasteiger partial charge in [0.25, 0.3) is 21.6 Å². The molecular formula is C20H17N3O5S. The Labute approximate surface area is 167 Å². The molecule has 0 aromatic heterocycles. The number of non-ortho nitro benzene ring substituents is 1. The number of nitrogens with zero attached hydrogens (tertiary/aromatic N) is 1. The number of nitro benzene ring substituents is 1. The fourth-order valence-corrected chi connectivity index (χ4v) is 3.69. The van der Waals surface area contributed by atoms with Gasteiger partial charge >= 0.3 is 0 Å². The van der Waals surface area contributed by atoms with Crippen LogP contribution in [0.1, 0.15) is 15.9 Å². The van der Waals surface area contributed by atoms with Gasteiger partial charge in [0, 0.05) is 23.4 Å². The van der Waals surface area contributed by atoms with Gasteiger partial charge in [0.15, 0.2) is 0 Å². The summed E-state index contributed by atoms with van der Waals surface area (Å²) in [5.74, 6) is -0.472. The van der Waals surface area contributed by atoms with Gasteiger partial charge in [-0.15, -0.1) is 0 Å². The number of hydrogen-bond donors (Lipinski definition) is 2. The molecule has 1 amide bonds. The minimum absolute atomic E-state index is 0.116. The molecule has 0 unspecified atom stereocenters. The monoisotopic (exact) mass is 411 g/mol. The van der Waals surface area contributed by atoms with Crippen LogP contribution in [0.5, 0.6) is 0 Å². The first-order valence-corrected chi connectivity index (χ1v) is 9.99. The van der Waals surface area contributed by atoms with Crippen molar-refractivity contribution in [1.29, 1.82) is 0 Å². The van der Waals surface area contributed by atoms with Crippen molar-refractivity contribution >= 4 is 33.0 Å². The lowest BCUT2D eigenvalue weighted by atomic mass is 10.1. The molecule has 0 saturated heterocycles. The van der Waals surface area contributed by atoms with Crippen LogP contribution in [-0.4, -0.2) is 19.2 Å². The van der Waals surface area contributed by atoms with E-state index in [0.717, 1.165) is 0 Å². The topological polar surface area (TPSA) is 118 Å². The summed E-state index contributed by atoms with van der Waals surface area (Å²) in [5.41, 5.74) is 1.51. The smallest absolute Gasteiger partial charge is 0.269 e. The quantitative estimate of drug-likeness (QED) is 0.470. The number of amides is 1. The molecule has 29 heavy (non-hydrogen) atoms. The molecule has 0 aliphatic heterocycles. The normalized spacial score (nSPS) is 10.9. The number of hydrogen-bond acceptors (Lipinski definition) is 5. The van der Waals surface area contributed by atoms with Crippen molar-refractivity contribution in [1.82, 2.24) is 0 Å². The van der Waals surface area contributed by atoms with Crippen molar-refractivity contribution < 1.29 is 18.1 Å². The zero-order valence-corrected chi connectivity index (χ0v) is 16.1. The highest BCUT2D eigenvalue weighted by Crippen LogP contribution is 2.24. The van der Waals surface area contributed by atoms with Crippen molar-refractivity contribution in [3.8, 4) is 0 Å². The van der Waals surface area contributed by atoms with Gasteiger partial charge in [0.2, 0.25) is 0 Å². The number of benzene rings is 3. The maximum absolute atomic E-state index is 12.5. The Morgan fingerprint density at radius 2 is 1.62 bits per heavy atom. The maximum atomic E-state index is 12.5. The molecule has 0 atom stereocenters. The third-order valence-electron chi connectivity index (χ3n) is 4.13.